The van der Waals surface area contributed by atoms with Gasteiger partial charge in [0, 0.05) is 25.2 Å². The Morgan fingerprint density at radius 2 is 1.81 bits per heavy atom. The van der Waals surface area contributed by atoms with Crippen molar-refractivity contribution in [3.05, 3.63) is 64.2 Å². The van der Waals surface area contributed by atoms with Crippen molar-refractivity contribution in [2.24, 2.45) is 0 Å². The molecule has 2 aromatic rings. The van der Waals surface area contributed by atoms with Gasteiger partial charge >= 0.3 is 0 Å². The van der Waals surface area contributed by atoms with E-state index in [2.05, 4.69) is 5.32 Å². The van der Waals surface area contributed by atoms with Gasteiger partial charge in [0.2, 0.25) is 21.8 Å². The summed E-state index contributed by atoms with van der Waals surface area (Å²) in [7, 11) is -2.46. The summed E-state index contributed by atoms with van der Waals surface area (Å²) in [5, 5.41) is 14.1. The van der Waals surface area contributed by atoms with Gasteiger partial charge in [-0.3, -0.25) is 24.0 Å². The Kier molecular flexibility index (Phi) is 10.9. The molecule has 0 unspecified atom stereocenters. The minimum atomic E-state index is -3.99. The highest BCUT2D eigenvalue weighted by atomic mass is 32.2. The lowest BCUT2D eigenvalue weighted by molar-refractivity contribution is -0.384. The SMILES string of the molecule is CCCCNC(=O)[C@H](CC)N(Cc1ccc(OC)cc1)C(=O)CN(c1cccc([N+](=O)[O-])c1)S(C)(=O)=O. The number of non-ortho nitro benzene ring substituents is 1. The summed E-state index contributed by atoms with van der Waals surface area (Å²) in [4.78, 5) is 38.6. The lowest BCUT2D eigenvalue weighted by Crippen LogP contribution is -2.52. The van der Waals surface area contributed by atoms with Gasteiger partial charge in [-0.2, -0.15) is 0 Å². The first-order valence-corrected chi connectivity index (χ1v) is 13.8. The molecule has 2 amide bonds. The molecule has 0 radical (unpaired) electrons. The van der Waals surface area contributed by atoms with Gasteiger partial charge in [0.05, 0.1) is 24.0 Å². The largest absolute Gasteiger partial charge is 0.497 e. The third-order valence-electron chi connectivity index (χ3n) is 5.74. The molecule has 37 heavy (non-hydrogen) atoms. The van der Waals surface area contributed by atoms with Crippen molar-refractivity contribution in [3.63, 3.8) is 0 Å². The normalized spacial score (nSPS) is 11.9. The number of methoxy groups -OCH3 is 1. The van der Waals surface area contributed by atoms with Crippen LogP contribution in [0.2, 0.25) is 0 Å². The van der Waals surface area contributed by atoms with Crippen molar-refractivity contribution in [2.45, 2.75) is 45.7 Å². The van der Waals surface area contributed by atoms with Gasteiger partial charge in [0.1, 0.15) is 18.3 Å². The van der Waals surface area contributed by atoms with Crippen molar-refractivity contribution in [3.8, 4) is 5.75 Å². The molecule has 0 saturated heterocycles. The summed E-state index contributed by atoms with van der Waals surface area (Å²) in [6.07, 6.45) is 2.89. The van der Waals surface area contributed by atoms with Crippen LogP contribution in [0.1, 0.15) is 38.7 Å². The number of nitro groups is 1. The van der Waals surface area contributed by atoms with E-state index in [4.69, 9.17) is 4.74 Å². The second-order valence-electron chi connectivity index (χ2n) is 8.48. The molecule has 2 aromatic carbocycles. The fourth-order valence-corrected chi connectivity index (χ4v) is 4.57. The predicted octanol–water partition coefficient (Wildman–Crippen LogP) is 3.09. The van der Waals surface area contributed by atoms with Gasteiger partial charge in [-0.15, -0.1) is 0 Å². The molecule has 0 spiro atoms. The number of hydrogen-bond acceptors (Lipinski definition) is 7. The van der Waals surface area contributed by atoms with Crippen LogP contribution >= 0.6 is 0 Å². The van der Waals surface area contributed by atoms with Gasteiger partial charge in [0.25, 0.3) is 5.69 Å². The highest BCUT2D eigenvalue weighted by Crippen LogP contribution is 2.24. The molecular weight excluding hydrogens is 500 g/mol. The molecule has 202 valence electrons. The van der Waals surface area contributed by atoms with Crippen molar-refractivity contribution >= 4 is 33.2 Å². The molecule has 0 aromatic heterocycles. The number of carbonyl (C=O) groups is 2. The zero-order valence-electron chi connectivity index (χ0n) is 21.5. The molecule has 0 aliphatic carbocycles. The third-order valence-corrected chi connectivity index (χ3v) is 6.88. The van der Waals surface area contributed by atoms with E-state index in [0.717, 1.165) is 35.0 Å². The Morgan fingerprint density at radius 3 is 2.35 bits per heavy atom. The molecule has 0 saturated carbocycles. The molecule has 1 atom stereocenters. The molecule has 1 N–H and O–H groups in total. The first kappa shape index (κ1) is 29.6. The van der Waals surface area contributed by atoms with Crippen LogP contribution in [0, 0.1) is 10.1 Å². The maximum Gasteiger partial charge on any atom is 0.271 e. The summed E-state index contributed by atoms with van der Waals surface area (Å²) in [5.41, 5.74) is 0.389. The molecule has 0 bridgehead atoms. The fraction of sp³-hybridized carbons (Fsp3) is 0.440. The van der Waals surface area contributed by atoms with Crippen molar-refractivity contribution in [2.75, 3.05) is 30.8 Å². The minimum Gasteiger partial charge on any atom is -0.497 e. The summed E-state index contributed by atoms with van der Waals surface area (Å²) in [5.74, 6) is -0.329. The molecular formula is C25H34N4O7S. The van der Waals surface area contributed by atoms with Crippen LogP contribution in [-0.4, -0.2) is 62.6 Å². The average Bonchev–Trinajstić information content (AvgIpc) is 2.86. The number of amides is 2. The summed E-state index contributed by atoms with van der Waals surface area (Å²) in [6, 6.07) is 11.2. The highest BCUT2D eigenvalue weighted by molar-refractivity contribution is 7.92. The predicted molar refractivity (Wildman–Crippen MR) is 141 cm³/mol. The Hall–Kier alpha value is -3.67. The monoisotopic (exact) mass is 534 g/mol. The van der Waals surface area contributed by atoms with E-state index >= 15 is 0 Å². The van der Waals surface area contributed by atoms with Crippen LogP contribution in [0.25, 0.3) is 0 Å². The maximum atomic E-state index is 13.6. The Morgan fingerprint density at radius 1 is 1.14 bits per heavy atom. The molecule has 2 rings (SSSR count). The number of benzene rings is 2. The Labute approximate surface area is 217 Å². The van der Waals surface area contributed by atoms with Crippen LogP contribution < -0.4 is 14.4 Å². The molecule has 0 aliphatic heterocycles. The van der Waals surface area contributed by atoms with Gasteiger partial charge in [-0.1, -0.05) is 38.5 Å². The number of nitrogens with one attached hydrogen (secondary N) is 1. The van der Waals surface area contributed by atoms with Crippen LogP contribution in [0.4, 0.5) is 11.4 Å². The van der Waals surface area contributed by atoms with Gasteiger partial charge in [0.15, 0.2) is 0 Å². The Bertz CT molecular complexity index is 1190. The van der Waals surface area contributed by atoms with E-state index in [1.54, 1.807) is 31.2 Å². The molecule has 0 aliphatic rings. The molecule has 0 heterocycles. The fourth-order valence-electron chi connectivity index (χ4n) is 3.73. The second-order valence-corrected chi connectivity index (χ2v) is 10.4. The van der Waals surface area contributed by atoms with E-state index in [-0.39, 0.29) is 23.8 Å². The molecule has 12 heteroatoms. The van der Waals surface area contributed by atoms with Crippen molar-refractivity contribution in [1.82, 2.24) is 10.2 Å². The van der Waals surface area contributed by atoms with Crippen LogP contribution in [-0.2, 0) is 26.2 Å². The minimum absolute atomic E-state index is 0.0186. The highest BCUT2D eigenvalue weighted by Gasteiger charge is 2.32. The molecule has 0 fully saturated rings. The second kappa shape index (κ2) is 13.6. The number of ether oxygens (including phenoxy) is 1. The van der Waals surface area contributed by atoms with Crippen LogP contribution in [0.15, 0.2) is 48.5 Å². The van der Waals surface area contributed by atoms with E-state index in [0.29, 0.717) is 18.7 Å². The van der Waals surface area contributed by atoms with Crippen molar-refractivity contribution in [1.29, 1.82) is 0 Å². The smallest absolute Gasteiger partial charge is 0.271 e. The van der Waals surface area contributed by atoms with Gasteiger partial charge in [-0.05, 0) is 36.6 Å². The summed E-state index contributed by atoms with van der Waals surface area (Å²) in [6.45, 7) is 3.65. The van der Waals surface area contributed by atoms with E-state index in [1.807, 2.05) is 6.92 Å². The average molecular weight is 535 g/mol. The lowest BCUT2D eigenvalue weighted by atomic mass is 10.1. The topological polar surface area (TPSA) is 139 Å². The lowest BCUT2D eigenvalue weighted by Gasteiger charge is -2.32. The number of rotatable bonds is 14. The zero-order valence-corrected chi connectivity index (χ0v) is 22.4. The third kappa shape index (κ3) is 8.45. The van der Waals surface area contributed by atoms with E-state index in [9.17, 15) is 28.1 Å². The number of unbranched alkanes of at least 4 members (excludes halogenated alkanes) is 1. The number of carbonyl (C=O) groups excluding carboxylic acids is 2. The first-order valence-electron chi connectivity index (χ1n) is 11.9. The number of sulfonamides is 1. The van der Waals surface area contributed by atoms with Gasteiger partial charge < -0.3 is 15.0 Å². The molecule has 11 nitrogen and oxygen atoms in total. The summed E-state index contributed by atoms with van der Waals surface area (Å²) < 4.78 is 31.3. The summed E-state index contributed by atoms with van der Waals surface area (Å²) >= 11 is 0. The Balaban J connectivity index is 2.43. The van der Waals surface area contributed by atoms with E-state index < -0.39 is 33.4 Å². The standard InChI is InChI=1S/C25H34N4O7S/c1-5-7-15-26-25(31)23(6-2)27(17-19-11-13-22(36-3)14-12-19)24(30)18-28(37(4,34)35)20-9-8-10-21(16-20)29(32)33/h8-14,16,23H,5-7,15,17-18H2,1-4H3,(H,26,31)/t23-/m0/s1. The van der Waals surface area contributed by atoms with Crippen molar-refractivity contribution < 1.29 is 27.7 Å². The first-order chi connectivity index (χ1) is 17.5. The number of nitrogens with zero attached hydrogens (tertiary/aromatic N) is 3. The number of nitro benzene ring substituents is 1. The van der Waals surface area contributed by atoms with Crippen LogP contribution in [0.3, 0.4) is 0 Å². The van der Waals surface area contributed by atoms with Gasteiger partial charge in [-0.25, -0.2) is 8.42 Å². The van der Waals surface area contributed by atoms with E-state index in [1.165, 1.54) is 30.2 Å². The number of anilines is 1. The zero-order chi connectivity index (χ0) is 27.6. The van der Waals surface area contributed by atoms with Crippen LogP contribution in [0.5, 0.6) is 5.75 Å². The number of hydrogen-bond donors (Lipinski definition) is 1. The quantitative estimate of drug-likeness (QED) is 0.223. The maximum absolute atomic E-state index is 13.6.